The predicted octanol–water partition coefficient (Wildman–Crippen LogP) is 1.90. The average molecular weight is 312 g/mol. The summed E-state index contributed by atoms with van der Waals surface area (Å²) in [4.78, 5) is 19.8. The maximum Gasteiger partial charge on any atom is 0.219 e. The van der Waals surface area contributed by atoms with Gasteiger partial charge >= 0.3 is 0 Å². The third-order valence-corrected chi connectivity index (χ3v) is 3.64. The molecule has 1 amide bonds. The van der Waals surface area contributed by atoms with E-state index in [-0.39, 0.29) is 5.91 Å². The second-order valence-electron chi connectivity index (χ2n) is 4.65. The summed E-state index contributed by atoms with van der Waals surface area (Å²) in [7, 11) is 0. The molecule has 0 radical (unpaired) electrons. The van der Waals surface area contributed by atoms with Crippen molar-refractivity contribution in [2.75, 3.05) is 26.2 Å². The summed E-state index contributed by atoms with van der Waals surface area (Å²) in [5.41, 5.74) is 1.21. The summed E-state index contributed by atoms with van der Waals surface area (Å²) < 4.78 is 1.01. The van der Waals surface area contributed by atoms with E-state index in [4.69, 9.17) is 0 Å². The van der Waals surface area contributed by atoms with Crippen molar-refractivity contribution in [1.82, 2.24) is 14.8 Å². The van der Waals surface area contributed by atoms with Crippen molar-refractivity contribution in [3.63, 3.8) is 0 Å². The van der Waals surface area contributed by atoms with Gasteiger partial charge in [-0.3, -0.25) is 14.7 Å². The summed E-state index contributed by atoms with van der Waals surface area (Å²) in [5.74, 6) is 0.181. The molecule has 0 aliphatic carbocycles. The Morgan fingerprint density at radius 2 is 2.17 bits per heavy atom. The number of rotatable bonds is 2. The van der Waals surface area contributed by atoms with Gasteiger partial charge in [0.2, 0.25) is 5.91 Å². The molecule has 0 N–H and O–H groups in total. The molecule has 1 saturated heterocycles. The highest BCUT2D eigenvalue weighted by Gasteiger charge is 2.16. The van der Waals surface area contributed by atoms with Crippen LogP contribution in [0.4, 0.5) is 0 Å². The normalized spacial score (nSPS) is 17.6. The number of hydrogen-bond acceptors (Lipinski definition) is 3. The van der Waals surface area contributed by atoms with Crippen LogP contribution in [0.15, 0.2) is 22.9 Å². The first-order valence-electron chi connectivity index (χ1n) is 6.22. The molecule has 18 heavy (non-hydrogen) atoms. The summed E-state index contributed by atoms with van der Waals surface area (Å²) >= 11 is 3.44. The molecule has 5 heteroatoms. The molecule has 0 spiro atoms. The highest BCUT2D eigenvalue weighted by molar-refractivity contribution is 9.10. The van der Waals surface area contributed by atoms with Gasteiger partial charge in [-0.25, -0.2) is 0 Å². The molecule has 1 aromatic rings. The first kappa shape index (κ1) is 13.5. The molecule has 1 fully saturated rings. The van der Waals surface area contributed by atoms with Crippen molar-refractivity contribution >= 4 is 21.8 Å². The number of nitrogens with zero attached hydrogens (tertiary/aromatic N) is 3. The molecule has 0 unspecified atom stereocenters. The Labute approximate surface area is 116 Å². The van der Waals surface area contributed by atoms with Gasteiger partial charge in [0.05, 0.1) is 0 Å². The minimum Gasteiger partial charge on any atom is -0.342 e. The molecule has 0 bridgehead atoms. The molecule has 1 aliphatic rings. The number of pyridine rings is 1. The molecule has 2 heterocycles. The summed E-state index contributed by atoms with van der Waals surface area (Å²) in [6.07, 6.45) is 4.74. The largest absolute Gasteiger partial charge is 0.342 e. The van der Waals surface area contributed by atoms with Crippen molar-refractivity contribution in [1.29, 1.82) is 0 Å². The highest BCUT2D eigenvalue weighted by atomic mass is 79.9. The van der Waals surface area contributed by atoms with Crippen LogP contribution in [0, 0.1) is 0 Å². The molecular formula is C13H18BrN3O. The van der Waals surface area contributed by atoms with Gasteiger partial charge < -0.3 is 4.90 Å². The second-order valence-corrected chi connectivity index (χ2v) is 5.56. The zero-order chi connectivity index (χ0) is 13.0. The van der Waals surface area contributed by atoms with Crippen molar-refractivity contribution in [3.05, 3.63) is 28.5 Å². The van der Waals surface area contributed by atoms with E-state index in [9.17, 15) is 4.79 Å². The maximum absolute atomic E-state index is 11.4. The Morgan fingerprint density at radius 1 is 1.33 bits per heavy atom. The third-order valence-electron chi connectivity index (χ3n) is 3.20. The van der Waals surface area contributed by atoms with Gasteiger partial charge in [-0.05, 0) is 34.0 Å². The van der Waals surface area contributed by atoms with Crippen LogP contribution in [0.1, 0.15) is 18.9 Å². The van der Waals surface area contributed by atoms with Crippen LogP contribution in [0.3, 0.4) is 0 Å². The SMILES string of the molecule is CC(=O)N1CCCN(Cc2cncc(Br)c2)CC1. The third kappa shape index (κ3) is 3.78. The predicted molar refractivity (Wildman–Crippen MR) is 74.1 cm³/mol. The van der Waals surface area contributed by atoms with Crippen LogP contribution in [-0.4, -0.2) is 46.9 Å². The summed E-state index contributed by atoms with van der Waals surface area (Å²) in [6.45, 7) is 6.23. The molecular weight excluding hydrogens is 294 g/mol. The molecule has 1 aliphatic heterocycles. The first-order chi connectivity index (χ1) is 8.65. The van der Waals surface area contributed by atoms with Crippen LogP contribution in [-0.2, 0) is 11.3 Å². The number of aromatic nitrogens is 1. The van der Waals surface area contributed by atoms with E-state index in [0.717, 1.165) is 43.6 Å². The Kier molecular flexibility index (Phi) is 4.72. The topological polar surface area (TPSA) is 36.4 Å². The quantitative estimate of drug-likeness (QED) is 0.837. The van der Waals surface area contributed by atoms with E-state index >= 15 is 0 Å². The van der Waals surface area contributed by atoms with Gasteiger partial charge in [-0.2, -0.15) is 0 Å². The molecule has 4 nitrogen and oxygen atoms in total. The van der Waals surface area contributed by atoms with E-state index in [1.54, 1.807) is 13.1 Å². The Bertz CT molecular complexity index is 424. The van der Waals surface area contributed by atoms with E-state index < -0.39 is 0 Å². The first-order valence-corrected chi connectivity index (χ1v) is 7.02. The van der Waals surface area contributed by atoms with E-state index in [1.807, 2.05) is 11.1 Å². The Hall–Kier alpha value is -0.940. The van der Waals surface area contributed by atoms with Crippen LogP contribution in [0.25, 0.3) is 0 Å². The van der Waals surface area contributed by atoms with Gasteiger partial charge in [-0.15, -0.1) is 0 Å². The van der Waals surface area contributed by atoms with Crippen molar-refractivity contribution in [2.24, 2.45) is 0 Å². The average Bonchev–Trinajstić information content (AvgIpc) is 2.55. The van der Waals surface area contributed by atoms with Gasteiger partial charge in [0.15, 0.2) is 0 Å². The Balaban J connectivity index is 1.92. The maximum atomic E-state index is 11.4. The van der Waals surface area contributed by atoms with Crippen LogP contribution in [0.2, 0.25) is 0 Å². The Morgan fingerprint density at radius 3 is 2.89 bits per heavy atom. The number of carbonyl (C=O) groups is 1. The fourth-order valence-corrected chi connectivity index (χ4v) is 2.66. The molecule has 0 aromatic carbocycles. The van der Waals surface area contributed by atoms with Gasteiger partial charge in [0.1, 0.15) is 0 Å². The molecule has 98 valence electrons. The molecule has 0 saturated carbocycles. The lowest BCUT2D eigenvalue weighted by atomic mass is 10.2. The standard InChI is InChI=1S/C13H18BrN3O/c1-11(18)17-4-2-3-16(5-6-17)10-12-7-13(14)9-15-8-12/h7-9H,2-6,10H2,1H3. The summed E-state index contributed by atoms with van der Waals surface area (Å²) in [5, 5.41) is 0. The molecule has 2 rings (SSSR count). The van der Waals surface area contributed by atoms with Crippen molar-refractivity contribution in [2.45, 2.75) is 19.9 Å². The van der Waals surface area contributed by atoms with E-state index in [0.29, 0.717) is 0 Å². The van der Waals surface area contributed by atoms with Gasteiger partial charge in [-0.1, -0.05) is 0 Å². The molecule has 1 aromatic heterocycles. The fraction of sp³-hybridized carbons (Fsp3) is 0.538. The minimum absolute atomic E-state index is 0.181. The lowest BCUT2D eigenvalue weighted by Gasteiger charge is -2.21. The van der Waals surface area contributed by atoms with E-state index in [2.05, 4.69) is 31.9 Å². The van der Waals surface area contributed by atoms with Crippen LogP contribution < -0.4 is 0 Å². The monoisotopic (exact) mass is 311 g/mol. The van der Waals surface area contributed by atoms with E-state index in [1.165, 1.54) is 5.56 Å². The van der Waals surface area contributed by atoms with Crippen molar-refractivity contribution < 1.29 is 4.79 Å². The van der Waals surface area contributed by atoms with Gasteiger partial charge in [0.25, 0.3) is 0 Å². The zero-order valence-corrected chi connectivity index (χ0v) is 12.2. The molecule has 0 atom stereocenters. The number of amides is 1. The highest BCUT2D eigenvalue weighted by Crippen LogP contribution is 2.13. The number of halogens is 1. The second kappa shape index (κ2) is 6.29. The fourth-order valence-electron chi connectivity index (χ4n) is 2.24. The number of hydrogen-bond donors (Lipinski definition) is 0. The lowest BCUT2D eigenvalue weighted by Crippen LogP contribution is -2.33. The van der Waals surface area contributed by atoms with Crippen LogP contribution in [0.5, 0.6) is 0 Å². The minimum atomic E-state index is 0.181. The zero-order valence-electron chi connectivity index (χ0n) is 10.6. The van der Waals surface area contributed by atoms with Crippen LogP contribution >= 0.6 is 15.9 Å². The summed E-state index contributed by atoms with van der Waals surface area (Å²) in [6, 6.07) is 2.10. The number of carbonyl (C=O) groups excluding carboxylic acids is 1. The lowest BCUT2D eigenvalue weighted by molar-refractivity contribution is -0.128. The van der Waals surface area contributed by atoms with Crippen molar-refractivity contribution in [3.8, 4) is 0 Å². The van der Waals surface area contributed by atoms with Gasteiger partial charge in [0, 0.05) is 56.5 Å². The smallest absolute Gasteiger partial charge is 0.219 e.